The van der Waals surface area contributed by atoms with Crippen LogP contribution in [0.1, 0.15) is 31.2 Å². The van der Waals surface area contributed by atoms with Gasteiger partial charge in [0.25, 0.3) is 5.56 Å². The number of nitrogens with one attached hydrogen (secondary N) is 3. The predicted octanol–water partition coefficient (Wildman–Crippen LogP) is 7.03. The van der Waals surface area contributed by atoms with Gasteiger partial charge >= 0.3 is 5.69 Å². The minimum absolute atomic E-state index is 0.105. The van der Waals surface area contributed by atoms with Crippen molar-refractivity contribution in [1.82, 2.24) is 34.4 Å². The number of piperidine rings is 2. The third-order valence-electron chi connectivity index (χ3n) is 11.9. The number of ether oxygens (including phenoxy) is 1. The normalized spacial score (nSPS) is 15.4. The number of benzene rings is 3. The van der Waals surface area contributed by atoms with E-state index in [2.05, 4.69) is 87.3 Å². The fourth-order valence-corrected chi connectivity index (χ4v) is 10.4. The summed E-state index contributed by atoms with van der Waals surface area (Å²) in [6.07, 6.45) is 10.3. The lowest BCUT2D eigenvalue weighted by atomic mass is 9.94. The summed E-state index contributed by atoms with van der Waals surface area (Å²) < 4.78 is 36.3. The maximum atomic E-state index is 15.2. The number of anilines is 6. The summed E-state index contributed by atoms with van der Waals surface area (Å²) in [6, 6.07) is 14.4. The highest BCUT2D eigenvalue weighted by Gasteiger charge is 2.28. The SMILES string of the molecule is COc1cc(N2CCC(N(C)CC3CCN(c4ccc(-n5ccc(=O)[nH]c5=O)c(F)c4)CC3)CC2)c(C)cc1Nc1ncc(Br)c(Nc2ccc3nccnc3c2P(C)(C)=O)n1. The Balaban J connectivity index is 0.866. The second-order valence-corrected chi connectivity index (χ2v) is 20.4. The standard InChI is InChI=1S/C44H50BrFN11O4P/c1-27-22-35(51-43-49-25-31(45)42(53-43)50-34-8-7-33-40(48-16-15-47-33)41(34)62(4,5)60)38(61-3)24-37(27)56-19-12-29(13-20-56)54(2)26-28-10-17-55(18-11-28)30-6-9-36(32(46)23-30)57-21-14-39(58)52-44(57)59/h6-9,14-16,21-25,28-29H,10-13,17-20,26H2,1-5H3,(H,52,58,59)(H2,49,50,51,53). The van der Waals surface area contributed by atoms with Gasteiger partial charge < -0.3 is 34.6 Å². The molecule has 62 heavy (non-hydrogen) atoms. The van der Waals surface area contributed by atoms with Crippen LogP contribution in [0.15, 0.2) is 87.4 Å². The van der Waals surface area contributed by atoms with Crippen LogP contribution in [-0.2, 0) is 4.57 Å². The highest BCUT2D eigenvalue weighted by molar-refractivity contribution is 9.10. The lowest BCUT2D eigenvalue weighted by Gasteiger charge is -2.41. The van der Waals surface area contributed by atoms with Crippen LogP contribution >= 0.6 is 23.1 Å². The lowest BCUT2D eigenvalue weighted by Crippen LogP contribution is -2.46. The molecule has 15 nitrogen and oxygen atoms in total. The summed E-state index contributed by atoms with van der Waals surface area (Å²) >= 11 is 3.58. The van der Waals surface area contributed by atoms with Crippen LogP contribution in [0.5, 0.6) is 5.75 Å². The topological polar surface area (TPSA) is 166 Å². The zero-order chi connectivity index (χ0) is 43.7. The second-order valence-electron chi connectivity index (χ2n) is 16.4. The number of aromatic amines is 1. The zero-order valence-electron chi connectivity index (χ0n) is 35.4. The number of H-pyrrole nitrogens is 1. The van der Waals surface area contributed by atoms with Gasteiger partial charge in [-0.25, -0.2) is 14.2 Å². The van der Waals surface area contributed by atoms with Crippen LogP contribution in [0.4, 0.5) is 38.9 Å². The highest BCUT2D eigenvalue weighted by Crippen LogP contribution is 2.42. The Morgan fingerprint density at radius 3 is 2.37 bits per heavy atom. The first-order valence-electron chi connectivity index (χ1n) is 20.6. The number of fused-ring (bicyclic) bond motifs is 1. The Labute approximate surface area is 367 Å². The Bertz CT molecular complexity index is 2780. The summed E-state index contributed by atoms with van der Waals surface area (Å²) in [4.78, 5) is 51.2. The molecule has 0 atom stereocenters. The molecule has 3 aromatic heterocycles. The molecule has 2 fully saturated rings. The molecular weight excluding hydrogens is 876 g/mol. The van der Waals surface area contributed by atoms with E-state index in [-0.39, 0.29) is 5.69 Å². The van der Waals surface area contributed by atoms with Crippen LogP contribution in [0, 0.1) is 18.7 Å². The number of aromatic nitrogens is 6. The van der Waals surface area contributed by atoms with E-state index < -0.39 is 24.2 Å². The summed E-state index contributed by atoms with van der Waals surface area (Å²) in [5.41, 5.74) is 4.56. The largest absolute Gasteiger partial charge is 0.494 e. The Morgan fingerprint density at radius 2 is 1.66 bits per heavy atom. The van der Waals surface area contributed by atoms with Crippen molar-refractivity contribution in [3.05, 3.63) is 110 Å². The van der Waals surface area contributed by atoms with Crippen molar-refractivity contribution >= 4 is 73.9 Å². The van der Waals surface area contributed by atoms with Crippen LogP contribution in [0.25, 0.3) is 16.7 Å². The second kappa shape index (κ2) is 18.0. The maximum absolute atomic E-state index is 15.2. The van der Waals surface area contributed by atoms with Crippen molar-refractivity contribution < 1.29 is 13.7 Å². The van der Waals surface area contributed by atoms with Crippen LogP contribution in [0.3, 0.4) is 0 Å². The number of halogens is 2. The van der Waals surface area contributed by atoms with Crippen molar-refractivity contribution in [2.45, 2.75) is 38.6 Å². The van der Waals surface area contributed by atoms with Crippen LogP contribution in [0.2, 0.25) is 0 Å². The third kappa shape index (κ3) is 9.25. The van der Waals surface area contributed by atoms with Gasteiger partial charge in [0.05, 0.1) is 39.5 Å². The number of hydrogen-bond donors (Lipinski definition) is 3. The summed E-state index contributed by atoms with van der Waals surface area (Å²) in [5, 5.41) is 7.33. The van der Waals surface area contributed by atoms with Gasteiger partial charge in [0.15, 0.2) is 0 Å². The quantitative estimate of drug-likeness (QED) is 0.107. The molecule has 0 amide bonds. The van der Waals surface area contributed by atoms with E-state index in [1.165, 1.54) is 18.3 Å². The van der Waals surface area contributed by atoms with Gasteiger partial charge in [0.2, 0.25) is 5.95 Å². The average Bonchev–Trinajstić information content (AvgIpc) is 3.25. The van der Waals surface area contributed by atoms with E-state index in [0.29, 0.717) is 56.0 Å². The molecule has 5 heterocycles. The maximum Gasteiger partial charge on any atom is 0.333 e. The first-order valence-corrected chi connectivity index (χ1v) is 24.0. The summed E-state index contributed by atoms with van der Waals surface area (Å²) in [6.45, 7) is 10.1. The molecule has 0 radical (unpaired) electrons. The fourth-order valence-electron chi connectivity index (χ4n) is 8.69. The van der Waals surface area contributed by atoms with E-state index in [4.69, 9.17) is 9.72 Å². The Hall–Kier alpha value is -5.64. The average molecular weight is 927 g/mol. The van der Waals surface area contributed by atoms with Crippen LogP contribution < -0.4 is 41.7 Å². The number of hydrogen-bond acceptors (Lipinski definition) is 13. The first kappa shape index (κ1) is 43.0. The van der Waals surface area contributed by atoms with Crippen molar-refractivity contribution in [3.63, 3.8) is 0 Å². The molecular formula is C44H50BrFN11O4P. The molecule has 0 aliphatic carbocycles. The molecule has 2 aliphatic heterocycles. The molecule has 0 spiro atoms. The van der Waals surface area contributed by atoms with Crippen molar-refractivity contribution in [2.24, 2.45) is 5.92 Å². The van der Waals surface area contributed by atoms with E-state index in [0.717, 1.165) is 85.6 Å². The molecule has 324 valence electrons. The molecule has 8 rings (SSSR count). The minimum Gasteiger partial charge on any atom is -0.494 e. The zero-order valence-corrected chi connectivity index (χ0v) is 37.8. The molecule has 3 aromatic carbocycles. The molecule has 0 bridgehead atoms. The van der Waals surface area contributed by atoms with Gasteiger partial charge in [-0.1, -0.05) is 0 Å². The lowest BCUT2D eigenvalue weighted by molar-refractivity contribution is 0.167. The van der Waals surface area contributed by atoms with E-state index in [1.54, 1.807) is 45.1 Å². The molecule has 18 heteroatoms. The van der Waals surface area contributed by atoms with Gasteiger partial charge in [-0.2, -0.15) is 4.98 Å². The molecule has 6 aromatic rings. The van der Waals surface area contributed by atoms with Gasteiger partial charge in [-0.05, 0) is 117 Å². The molecule has 0 unspecified atom stereocenters. The molecule has 0 saturated carbocycles. The minimum atomic E-state index is -2.78. The summed E-state index contributed by atoms with van der Waals surface area (Å²) in [7, 11) is 1.12. The predicted molar refractivity (Wildman–Crippen MR) is 248 cm³/mol. The smallest absolute Gasteiger partial charge is 0.333 e. The van der Waals surface area contributed by atoms with Crippen molar-refractivity contribution in [2.75, 3.05) is 80.6 Å². The van der Waals surface area contributed by atoms with Crippen molar-refractivity contribution in [3.8, 4) is 11.4 Å². The number of methoxy groups -OCH3 is 1. The van der Waals surface area contributed by atoms with Gasteiger partial charge in [0.1, 0.15) is 30.0 Å². The molecule has 3 N–H and O–H groups in total. The van der Waals surface area contributed by atoms with Gasteiger partial charge in [-0.3, -0.25) is 24.3 Å². The fraction of sp³-hybridized carbons (Fsp3) is 0.364. The molecule has 2 aliphatic rings. The number of nitrogens with zero attached hydrogens (tertiary/aromatic N) is 8. The highest BCUT2D eigenvalue weighted by atomic mass is 79.9. The number of aryl methyl sites for hydroxylation is 1. The Kier molecular flexibility index (Phi) is 12.5. The number of rotatable bonds is 12. The molecule has 2 saturated heterocycles. The van der Waals surface area contributed by atoms with E-state index in [9.17, 15) is 14.2 Å². The first-order chi connectivity index (χ1) is 29.7. The van der Waals surface area contributed by atoms with Gasteiger partial charge in [0, 0.05) is 87.1 Å². The van der Waals surface area contributed by atoms with E-state index >= 15 is 4.39 Å². The monoisotopic (exact) mass is 925 g/mol. The third-order valence-corrected chi connectivity index (χ3v) is 14.0. The van der Waals surface area contributed by atoms with Crippen molar-refractivity contribution in [1.29, 1.82) is 0 Å². The summed E-state index contributed by atoms with van der Waals surface area (Å²) in [5.74, 6) is 1.56. The Morgan fingerprint density at radius 1 is 0.919 bits per heavy atom. The van der Waals surface area contributed by atoms with Gasteiger partial charge in [-0.15, -0.1) is 0 Å². The van der Waals surface area contributed by atoms with Crippen LogP contribution in [-0.4, -0.2) is 101 Å². The van der Waals surface area contributed by atoms with E-state index in [1.807, 2.05) is 18.2 Å².